The van der Waals surface area contributed by atoms with Gasteiger partial charge in [-0.2, -0.15) is 5.10 Å². The molecule has 1 amide bonds. The summed E-state index contributed by atoms with van der Waals surface area (Å²) in [5, 5.41) is 15.3. The molecule has 2 rings (SSSR count). The Morgan fingerprint density at radius 1 is 1.06 bits per heavy atom. The second-order valence-corrected chi connectivity index (χ2v) is 9.75. The van der Waals surface area contributed by atoms with Gasteiger partial charge in [0.25, 0.3) is 5.69 Å². The third kappa shape index (κ3) is 8.97. The molecule has 0 unspecified atom stereocenters. The van der Waals surface area contributed by atoms with Crippen LogP contribution in [0, 0.1) is 22.0 Å². The van der Waals surface area contributed by atoms with Crippen LogP contribution in [-0.2, 0) is 4.79 Å². The molecule has 34 heavy (non-hydrogen) atoms. The number of amides is 1. The quantitative estimate of drug-likeness (QED) is 0.190. The number of hydrazone groups is 1. The molecule has 2 aromatic rings. The van der Waals surface area contributed by atoms with Crippen LogP contribution in [0.4, 0.5) is 11.4 Å². The highest BCUT2D eigenvalue weighted by atomic mass is 32.2. The van der Waals surface area contributed by atoms with Crippen molar-refractivity contribution in [1.82, 2.24) is 5.43 Å². The molecule has 2 aromatic carbocycles. The van der Waals surface area contributed by atoms with Gasteiger partial charge in [0.05, 0.1) is 22.6 Å². The highest BCUT2D eigenvalue weighted by Crippen LogP contribution is 2.26. The van der Waals surface area contributed by atoms with Gasteiger partial charge in [0.15, 0.2) is 5.78 Å². The van der Waals surface area contributed by atoms with Crippen LogP contribution in [0.5, 0.6) is 0 Å². The van der Waals surface area contributed by atoms with Gasteiger partial charge in [-0.1, -0.05) is 58.0 Å². The molecule has 0 spiro atoms. The number of Topliss-reactive ketones (excluding diaryl/α,β-unsaturated/α-hetero) is 1. The van der Waals surface area contributed by atoms with E-state index in [-0.39, 0.29) is 28.9 Å². The first-order valence-corrected chi connectivity index (χ1v) is 12.3. The van der Waals surface area contributed by atoms with Crippen molar-refractivity contribution in [2.45, 2.75) is 27.7 Å². The highest BCUT2D eigenvalue weighted by molar-refractivity contribution is 8.00. The van der Waals surface area contributed by atoms with Gasteiger partial charge in [0.1, 0.15) is 0 Å². The number of carbonyl (C=O) groups excluding carboxylic acids is 2. The van der Waals surface area contributed by atoms with Crippen molar-refractivity contribution < 1.29 is 14.5 Å². The Balaban J connectivity index is 2.05. The summed E-state index contributed by atoms with van der Waals surface area (Å²) in [6.07, 6.45) is 1.44. The standard InChI is InChI=1S/C25H32N4O4S/c1-18(2)14-28(15-19(3)4)23-11-10-22(29(32)33)12-21(23)13-26-27-25(31)17-34-16-24(30)20-8-6-5-7-9-20/h5-13,18-19H,14-17H2,1-4H3,(H,27,31)/b26-13-. The molecule has 1 N–H and O–H groups in total. The van der Waals surface area contributed by atoms with E-state index in [0.717, 1.165) is 18.8 Å². The highest BCUT2D eigenvalue weighted by Gasteiger charge is 2.17. The number of benzene rings is 2. The number of non-ortho nitro benzene ring substituents is 1. The number of nitrogens with one attached hydrogen (secondary N) is 1. The molecular formula is C25H32N4O4S. The molecule has 0 aliphatic carbocycles. The van der Waals surface area contributed by atoms with E-state index in [0.29, 0.717) is 23.0 Å². The van der Waals surface area contributed by atoms with Gasteiger partial charge >= 0.3 is 0 Å². The van der Waals surface area contributed by atoms with Crippen molar-refractivity contribution in [2.75, 3.05) is 29.5 Å². The second-order valence-electron chi connectivity index (χ2n) is 8.77. The Labute approximate surface area is 205 Å². The van der Waals surface area contributed by atoms with E-state index < -0.39 is 4.92 Å². The van der Waals surface area contributed by atoms with Crippen molar-refractivity contribution in [3.63, 3.8) is 0 Å². The van der Waals surface area contributed by atoms with Crippen molar-refractivity contribution in [2.24, 2.45) is 16.9 Å². The zero-order valence-electron chi connectivity index (χ0n) is 20.1. The second kappa shape index (κ2) is 13.5. The number of hydrogen-bond donors (Lipinski definition) is 1. The molecule has 0 atom stereocenters. The average molecular weight is 485 g/mol. The minimum absolute atomic E-state index is 0.0412. The van der Waals surface area contributed by atoms with Crippen LogP contribution in [0.2, 0.25) is 0 Å². The third-order valence-electron chi connectivity index (χ3n) is 4.69. The molecular weight excluding hydrogens is 452 g/mol. The van der Waals surface area contributed by atoms with Crippen LogP contribution < -0.4 is 10.3 Å². The van der Waals surface area contributed by atoms with Crippen LogP contribution in [-0.4, -0.2) is 47.4 Å². The first-order valence-electron chi connectivity index (χ1n) is 11.2. The largest absolute Gasteiger partial charge is 0.370 e. The third-order valence-corrected chi connectivity index (χ3v) is 5.62. The molecule has 8 nitrogen and oxygen atoms in total. The predicted octanol–water partition coefficient (Wildman–Crippen LogP) is 4.78. The Kier molecular flexibility index (Phi) is 10.7. The number of rotatable bonds is 13. The van der Waals surface area contributed by atoms with Crippen LogP contribution >= 0.6 is 11.8 Å². The predicted molar refractivity (Wildman–Crippen MR) is 139 cm³/mol. The van der Waals surface area contributed by atoms with Gasteiger partial charge in [-0.25, -0.2) is 5.43 Å². The van der Waals surface area contributed by atoms with Gasteiger partial charge < -0.3 is 4.90 Å². The van der Waals surface area contributed by atoms with Crippen molar-refractivity contribution in [3.8, 4) is 0 Å². The SMILES string of the molecule is CC(C)CN(CC(C)C)c1ccc([N+](=O)[O-])cc1/C=N\NC(=O)CSCC(=O)c1ccccc1. The number of anilines is 1. The number of thioether (sulfide) groups is 1. The molecule has 0 aromatic heterocycles. The monoisotopic (exact) mass is 484 g/mol. The number of hydrogen-bond acceptors (Lipinski definition) is 7. The van der Waals surface area contributed by atoms with Crippen LogP contribution in [0.3, 0.4) is 0 Å². The maximum atomic E-state index is 12.2. The molecule has 182 valence electrons. The zero-order valence-corrected chi connectivity index (χ0v) is 20.9. The van der Waals surface area contributed by atoms with Crippen LogP contribution in [0.15, 0.2) is 53.6 Å². The Bertz CT molecular complexity index is 999. The first-order chi connectivity index (χ1) is 16.2. The smallest absolute Gasteiger partial charge is 0.270 e. The molecule has 0 radical (unpaired) electrons. The Morgan fingerprint density at radius 3 is 2.29 bits per heavy atom. The van der Waals surface area contributed by atoms with Gasteiger partial charge in [0.2, 0.25) is 5.91 Å². The molecule has 0 aliphatic rings. The Morgan fingerprint density at radius 2 is 1.71 bits per heavy atom. The minimum Gasteiger partial charge on any atom is -0.370 e. The summed E-state index contributed by atoms with van der Waals surface area (Å²) in [5.41, 5.74) is 4.41. The number of carbonyl (C=O) groups is 2. The van der Waals surface area contributed by atoms with Gasteiger partial charge in [0, 0.05) is 42.0 Å². The first kappa shape index (κ1) is 27.0. The molecule has 0 bridgehead atoms. The number of nitrogens with zero attached hydrogens (tertiary/aromatic N) is 3. The zero-order chi connectivity index (χ0) is 25.1. The molecule has 0 heterocycles. The fourth-order valence-electron chi connectivity index (χ4n) is 3.35. The number of nitro benzene ring substituents is 1. The summed E-state index contributed by atoms with van der Waals surface area (Å²) in [5.74, 6) is 0.664. The fraction of sp³-hybridized carbons (Fsp3) is 0.400. The van der Waals surface area contributed by atoms with E-state index in [4.69, 9.17) is 0 Å². The lowest BCUT2D eigenvalue weighted by Crippen LogP contribution is -2.32. The van der Waals surface area contributed by atoms with E-state index in [1.807, 2.05) is 6.07 Å². The maximum absolute atomic E-state index is 12.2. The summed E-state index contributed by atoms with van der Waals surface area (Å²) < 4.78 is 0. The maximum Gasteiger partial charge on any atom is 0.270 e. The lowest BCUT2D eigenvalue weighted by Gasteiger charge is -2.29. The number of nitro groups is 1. The minimum atomic E-state index is -0.449. The molecule has 0 fully saturated rings. The number of ketones is 1. The van der Waals surface area contributed by atoms with Crippen molar-refractivity contribution in [3.05, 3.63) is 69.8 Å². The van der Waals surface area contributed by atoms with Crippen LogP contribution in [0.1, 0.15) is 43.6 Å². The van der Waals surface area contributed by atoms with E-state index in [1.165, 1.54) is 30.1 Å². The lowest BCUT2D eigenvalue weighted by molar-refractivity contribution is -0.384. The summed E-state index contributed by atoms with van der Waals surface area (Å²) in [7, 11) is 0. The summed E-state index contributed by atoms with van der Waals surface area (Å²) >= 11 is 1.21. The van der Waals surface area contributed by atoms with Gasteiger partial charge in [-0.05, 0) is 17.9 Å². The normalized spacial score (nSPS) is 11.2. The molecule has 0 saturated heterocycles. The van der Waals surface area contributed by atoms with Crippen molar-refractivity contribution >= 4 is 41.0 Å². The molecule has 0 saturated carbocycles. The van der Waals surface area contributed by atoms with Gasteiger partial charge in [-0.15, -0.1) is 11.8 Å². The van der Waals surface area contributed by atoms with E-state index in [1.54, 1.807) is 30.3 Å². The molecule has 9 heteroatoms. The topological polar surface area (TPSA) is 105 Å². The Hall–Kier alpha value is -3.20. The van der Waals surface area contributed by atoms with Gasteiger partial charge in [-0.3, -0.25) is 19.7 Å². The lowest BCUT2D eigenvalue weighted by atomic mass is 10.1. The fourth-order valence-corrected chi connectivity index (χ4v) is 4.05. The van der Waals surface area contributed by atoms with E-state index in [9.17, 15) is 19.7 Å². The summed E-state index contributed by atoms with van der Waals surface area (Å²) in [4.78, 5) is 37.3. The van der Waals surface area contributed by atoms with Crippen LogP contribution in [0.25, 0.3) is 0 Å². The average Bonchev–Trinajstić information content (AvgIpc) is 2.78. The van der Waals surface area contributed by atoms with Crippen molar-refractivity contribution in [1.29, 1.82) is 0 Å². The molecule has 0 aliphatic heterocycles. The summed E-state index contributed by atoms with van der Waals surface area (Å²) in [6, 6.07) is 13.6. The van der Waals surface area contributed by atoms with E-state index in [2.05, 4.69) is 43.1 Å². The summed E-state index contributed by atoms with van der Waals surface area (Å²) in [6.45, 7) is 10.0. The van der Waals surface area contributed by atoms with E-state index >= 15 is 0 Å².